The Balaban J connectivity index is 1.69. The molecule has 1 aromatic carbocycles. The van der Waals surface area contributed by atoms with Crippen LogP contribution in [0.3, 0.4) is 0 Å². The topological polar surface area (TPSA) is 43.8 Å². The molecule has 0 bridgehead atoms. The summed E-state index contributed by atoms with van der Waals surface area (Å²) in [4.78, 5) is 0. The molecule has 1 unspecified atom stereocenters. The molecule has 3 rings (SSSR count). The lowest BCUT2D eigenvalue weighted by Gasteiger charge is -2.12. The molecule has 3 nitrogen and oxygen atoms in total. The third-order valence-corrected chi connectivity index (χ3v) is 4.77. The molecular formula is C16H19BrFN3. The normalized spacial score (nSPS) is 17.3. The number of benzene rings is 1. The Hall–Kier alpha value is -1.20. The van der Waals surface area contributed by atoms with Crippen LogP contribution in [-0.4, -0.2) is 9.78 Å². The number of hydrogen-bond donors (Lipinski definition) is 1. The van der Waals surface area contributed by atoms with Crippen molar-refractivity contribution >= 4 is 15.9 Å². The van der Waals surface area contributed by atoms with Gasteiger partial charge in [-0.25, -0.2) is 4.39 Å². The predicted octanol–water partition coefficient (Wildman–Crippen LogP) is 4.14. The van der Waals surface area contributed by atoms with Gasteiger partial charge in [0.25, 0.3) is 0 Å². The zero-order valence-electron chi connectivity index (χ0n) is 11.8. The second-order valence-electron chi connectivity index (χ2n) is 5.71. The largest absolute Gasteiger partial charge is 0.324 e. The third-order valence-electron chi connectivity index (χ3n) is 4.16. The van der Waals surface area contributed by atoms with E-state index in [1.807, 2.05) is 6.07 Å². The van der Waals surface area contributed by atoms with Crippen molar-refractivity contribution in [3.63, 3.8) is 0 Å². The van der Waals surface area contributed by atoms with Gasteiger partial charge < -0.3 is 5.73 Å². The standard InChI is InChI=1S/C16H19BrFN3/c17-14-9-11(5-6-15(14)18)16(19)10-12-7-8-21(20-12)13-3-1-2-4-13/h5-9,13,16H,1-4,10,19H2. The van der Waals surface area contributed by atoms with Crippen molar-refractivity contribution in [2.45, 2.75) is 44.2 Å². The minimum absolute atomic E-state index is 0.172. The van der Waals surface area contributed by atoms with Gasteiger partial charge in [0, 0.05) is 18.7 Å². The van der Waals surface area contributed by atoms with E-state index in [0.717, 1.165) is 11.3 Å². The molecule has 1 heterocycles. The van der Waals surface area contributed by atoms with Crippen molar-refractivity contribution in [2.24, 2.45) is 5.73 Å². The van der Waals surface area contributed by atoms with Gasteiger partial charge in [0.2, 0.25) is 0 Å². The van der Waals surface area contributed by atoms with Gasteiger partial charge in [-0.05, 0) is 52.5 Å². The first-order valence-electron chi connectivity index (χ1n) is 7.38. The second kappa shape index (κ2) is 6.28. The minimum atomic E-state index is -0.267. The summed E-state index contributed by atoms with van der Waals surface area (Å²) in [5.41, 5.74) is 8.13. The summed E-state index contributed by atoms with van der Waals surface area (Å²) >= 11 is 3.20. The fourth-order valence-corrected chi connectivity index (χ4v) is 3.34. The average molecular weight is 352 g/mol. The molecule has 1 saturated carbocycles. The van der Waals surface area contributed by atoms with Crippen LogP contribution in [0.1, 0.15) is 49.0 Å². The molecule has 1 aliphatic rings. The van der Waals surface area contributed by atoms with E-state index in [1.165, 1.54) is 31.7 Å². The van der Waals surface area contributed by atoms with E-state index in [2.05, 4.69) is 31.9 Å². The van der Waals surface area contributed by atoms with Gasteiger partial charge in [0.15, 0.2) is 0 Å². The number of halogens is 2. The molecule has 21 heavy (non-hydrogen) atoms. The fourth-order valence-electron chi connectivity index (χ4n) is 2.94. The second-order valence-corrected chi connectivity index (χ2v) is 6.56. The molecule has 5 heteroatoms. The summed E-state index contributed by atoms with van der Waals surface area (Å²) in [5.74, 6) is -0.267. The van der Waals surface area contributed by atoms with E-state index in [4.69, 9.17) is 5.73 Å². The fraction of sp³-hybridized carbons (Fsp3) is 0.438. The highest BCUT2D eigenvalue weighted by molar-refractivity contribution is 9.10. The molecule has 0 spiro atoms. The Morgan fingerprint density at radius 3 is 2.81 bits per heavy atom. The Labute approximate surface area is 132 Å². The van der Waals surface area contributed by atoms with Crippen LogP contribution in [-0.2, 0) is 6.42 Å². The van der Waals surface area contributed by atoms with E-state index >= 15 is 0 Å². The molecule has 1 atom stereocenters. The average Bonchev–Trinajstić information content (AvgIpc) is 3.12. The molecule has 2 aromatic rings. The lowest BCUT2D eigenvalue weighted by Crippen LogP contribution is -2.14. The molecular weight excluding hydrogens is 333 g/mol. The minimum Gasteiger partial charge on any atom is -0.324 e. The van der Waals surface area contributed by atoms with E-state index in [0.29, 0.717) is 16.9 Å². The zero-order chi connectivity index (χ0) is 14.8. The van der Waals surface area contributed by atoms with E-state index in [9.17, 15) is 4.39 Å². The van der Waals surface area contributed by atoms with Gasteiger partial charge in [-0.15, -0.1) is 0 Å². The van der Waals surface area contributed by atoms with Gasteiger partial charge in [-0.2, -0.15) is 5.10 Å². The molecule has 112 valence electrons. The summed E-state index contributed by atoms with van der Waals surface area (Å²) in [6.07, 6.45) is 7.75. The predicted molar refractivity (Wildman–Crippen MR) is 84.5 cm³/mol. The van der Waals surface area contributed by atoms with Crippen molar-refractivity contribution in [2.75, 3.05) is 0 Å². The van der Waals surface area contributed by atoms with Crippen molar-refractivity contribution < 1.29 is 4.39 Å². The van der Waals surface area contributed by atoms with Crippen LogP contribution in [0.2, 0.25) is 0 Å². The lowest BCUT2D eigenvalue weighted by molar-refractivity contribution is 0.461. The summed E-state index contributed by atoms with van der Waals surface area (Å²) < 4.78 is 15.8. The van der Waals surface area contributed by atoms with Gasteiger partial charge in [-0.1, -0.05) is 18.9 Å². The maximum Gasteiger partial charge on any atom is 0.137 e. The van der Waals surface area contributed by atoms with Crippen LogP contribution < -0.4 is 5.73 Å². The first kappa shape index (κ1) is 14.7. The van der Waals surface area contributed by atoms with E-state index < -0.39 is 0 Å². The third kappa shape index (κ3) is 3.35. The van der Waals surface area contributed by atoms with Crippen LogP contribution in [0, 0.1) is 5.82 Å². The summed E-state index contributed by atoms with van der Waals surface area (Å²) in [6.45, 7) is 0. The first-order chi connectivity index (χ1) is 10.1. The Morgan fingerprint density at radius 2 is 2.10 bits per heavy atom. The lowest BCUT2D eigenvalue weighted by atomic mass is 10.0. The van der Waals surface area contributed by atoms with Crippen molar-refractivity contribution in [1.82, 2.24) is 9.78 Å². The Kier molecular flexibility index (Phi) is 4.40. The maximum absolute atomic E-state index is 13.3. The van der Waals surface area contributed by atoms with Gasteiger partial charge in [-0.3, -0.25) is 4.68 Å². The SMILES string of the molecule is NC(Cc1ccn(C2CCCC2)n1)c1ccc(F)c(Br)c1. The monoisotopic (exact) mass is 351 g/mol. The number of rotatable bonds is 4. The number of nitrogens with zero attached hydrogens (tertiary/aromatic N) is 2. The van der Waals surface area contributed by atoms with Crippen LogP contribution in [0.25, 0.3) is 0 Å². The Bertz CT molecular complexity index is 620. The quantitative estimate of drug-likeness (QED) is 0.899. The maximum atomic E-state index is 13.3. The molecule has 1 fully saturated rings. The highest BCUT2D eigenvalue weighted by atomic mass is 79.9. The highest BCUT2D eigenvalue weighted by Crippen LogP contribution is 2.29. The zero-order valence-corrected chi connectivity index (χ0v) is 13.4. The van der Waals surface area contributed by atoms with Crippen molar-refractivity contribution in [1.29, 1.82) is 0 Å². The van der Waals surface area contributed by atoms with Crippen LogP contribution in [0.15, 0.2) is 34.9 Å². The molecule has 1 aromatic heterocycles. The molecule has 0 radical (unpaired) electrons. The van der Waals surface area contributed by atoms with Gasteiger partial charge in [0.1, 0.15) is 5.82 Å². The Morgan fingerprint density at radius 1 is 1.33 bits per heavy atom. The van der Waals surface area contributed by atoms with Crippen LogP contribution in [0.4, 0.5) is 4.39 Å². The molecule has 0 aliphatic heterocycles. The van der Waals surface area contributed by atoms with Crippen molar-refractivity contribution in [3.05, 3.63) is 52.0 Å². The highest BCUT2D eigenvalue weighted by Gasteiger charge is 2.18. The van der Waals surface area contributed by atoms with Gasteiger partial charge in [0.05, 0.1) is 16.2 Å². The van der Waals surface area contributed by atoms with E-state index in [-0.39, 0.29) is 11.9 Å². The summed E-state index contributed by atoms with van der Waals surface area (Å²) in [7, 11) is 0. The molecule has 0 saturated heterocycles. The smallest absolute Gasteiger partial charge is 0.137 e. The van der Waals surface area contributed by atoms with Crippen molar-refractivity contribution in [3.8, 4) is 0 Å². The van der Waals surface area contributed by atoms with Gasteiger partial charge >= 0.3 is 0 Å². The van der Waals surface area contributed by atoms with E-state index in [1.54, 1.807) is 12.1 Å². The number of hydrogen-bond acceptors (Lipinski definition) is 2. The summed E-state index contributed by atoms with van der Waals surface area (Å²) in [6, 6.07) is 7.34. The summed E-state index contributed by atoms with van der Waals surface area (Å²) in [5, 5.41) is 4.65. The molecule has 0 amide bonds. The number of aromatic nitrogens is 2. The van der Waals surface area contributed by atoms with Crippen LogP contribution in [0.5, 0.6) is 0 Å². The first-order valence-corrected chi connectivity index (χ1v) is 8.17. The van der Waals surface area contributed by atoms with Crippen LogP contribution >= 0.6 is 15.9 Å². The molecule has 2 N–H and O–H groups in total. The molecule has 1 aliphatic carbocycles. The number of nitrogens with two attached hydrogens (primary N) is 1.